The molecule has 1 saturated carbocycles. The molecule has 2 aromatic rings. The van der Waals surface area contributed by atoms with Crippen molar-refractivity contribution < 1.29 is 19.5 Å². The van der Waals surface area contributed by atoms with Crippen LogP contribution in [0.25, 0.3) is 0 Å². The summed E-state index contributed by atoms with van der Waals surface area (Å²) < 4.78 is 0. The Morgan fingerprint density at radius 1 is 1.14 bits per heavy atom. The number of nitrogens with one attached hydrogen (secondary N) is 2. The van der Waals surface area contributed by atoms with Crippen molar-refractivity contribution in [1.29, 1.82) is 0 Å². The Balaban J connectivity index is 1.53. The van der Waals surface area contributed by atoms with Crippen LogP contribution >= 0.6 is 11.3 Å². The molecule has 1 aromatic heterocycles. The first-order valence-electron chi connectivity index (χ1n) is 12.5. The SMILES string of the molecule is CNC(C)C(=O)N[C@H](C(=O)N1CCCC1c1nc(C(=O)c2cccc(O)c2)cs1)C1CCCCC1. The molecule has 8 nitrogen and oxygen atoms in total. The summed E-state index contributed by atoms with van der Waals surface area (Å²) in [5.74, 6) is -0.313. The van der Waals surface area contributed by atoms with Crippen LogP contribution in [0.15, 0.2) is 29.6 Å². The summed E-state index contributed by atoms with van der Waals surface area (Å²) in [6.07, 6.45) is 6.80. The molecule has 3 N–H and O–H groups in total. The van der Waals surface area contributed by atoms with E-state index in [2.05, 4.69) is 15.6 Å². The Labute approximate surface area is 210 Å². The van der Waals surface area contributed by atoms with Gasteiger partial charge in [-0.25, -0.2) is 4.98 Å². The summed E-state index contributed by atoms with van der Waals surface area (Å²) in [6.45, 7) is 2.40. The molecule has 0 spiro atoms. The molecular formula is C26H34N4O4S. The van der Waals surface area contributed by atoms with Gasteiger partial charge in [-0.1, -0.05) is 31.4 Å². The number of aromatic hydroxyl groups is 1. The number of nitrogens with zero attached hydrogens (tertiary/aromatic N) is 2. The lowest BCUT2D eigenvalue weighted by molar-refractivity contribution is -0.139. The molecule has 9 heteroatoms. The van der Waals surface area contributed by atoms with E-state index in [1.807, 2.05) is 4.90 Å². The van der Waals surface area contributed by atoms with Gasteiger partial charge in [0.15, 0.2) is 0 Å². The highest BCUT2D eigenvalue weighted by molar-refractivity contribution is 7.10. The van der Waals surface area contributed by atoms with Crippen LogP contribution in [0.4, 0.5) is 0 Å². The molecule has 0 radical (unpaired) electrons. The van der Waals surface area contributed by atoms with Gasteiger partial charge < -0.3 is 20.6 Å². The first kappa shape index (κ1) is 25.3. The van der Waals surface area contributed by atoms with Crippen molar-refractivity contribution >= 4 is 28.9 Å². The molecule has 2 unspecified atom stereocenters. The highest BCUT2D eigenvalue weighted by Crippen LogP contribution is 2.36. The predicted molar refractivity (Wildman–Crippen MR) is 134 cm³/mol. The van der Waals surface area contributed by atoms with Crippen LogP contribution in [-0.4, -0.2) is 58.3 Å². The molecule has 2 amide bonds. The number of benzene rings is 1. The van der Waals surface area contributed by atoms with E-state index in [9.17, 15) is 19.5 Å². The highest BCUT2D eigenvalue weighted by atomic mass is 32.1. The first-order valence-corrected chi connectivity index (χ1v) is 13.3. The Bertz CT molecular complexity index is 1070. The Morgan fingerprint density at radius 2 is 1.91 bits per heavy atom. The van der Waals surface area contributed by atoms with Gasteiger partial charge in [-0.05, 0) is 57.7 Å². The smallest absolute Gasteiger partial charge is 0.246 e. The zero-order chi connectivity index (χ0) is 24.9. The van der Waals surface area contributed by atoms with Crippen LogP contribution < -0.4 is 10.6 Å². The van der Waals surface area contributed by atoms with Gasteiger partial charge in [0.2, 0.25) is 17.6 Å². The van der Waals surface area contributed by atoms with E-state index >= 15 is 0 Å². The Hall–Kier alpha value is -2.78. The van der Waals surface area contributed by atoms with Crippen molar-refractivity contribution in [2.24, 2.45) is 5.92 Å². The number of phenols is 1. The number of phenolic OH excluding ortho intramolecular Hbond substituents is 1. The van der Waals surface area contributed by atoms with Gasteiger partial charge in [-0.15, -0.1) is 11.3 Å². The van der Waals surface area contributed by atoms with E-state index < -0.39 is 6.04 Å². The van der Waals surface area contributed by atoms with Crippen LogP contribution in [0, 0.1) is 5.92 Å². The van der Waals surface area contributed by atoms with Crippen LogP contribution in [0.5, 0.6) is 5.75 Å². The van der Waals surface area contributed by atoms with Gasteiger partial charge in [0.25, 0.3) is 0 Å². The van der Waals surface area contributed by atoms with Crippen molar-refractivity contribution in [3.05, 3.63) is 45.9 Å². The number of ketones is 1. The number of carbonyl (C=O) groups excluding carboxylic acids is 3. The number of hydrogen-bond acceptors (Lipinski definition) is 7. The topological polar surface area (TPSA) is 112 Å². The molecule has 2 heterocycles. The summed E-state index contributed by atoms with van der Waals surface area (Å²) in [6, 6.07) is 5.09. The van der Waals surface area contributed by atoms with Crippen LogP contribution in [0.1, 0.15) is 79.0 Å². The number of hydrogen-bond donors (Lipinski definition) is 3. The van der Waals surface area contributed by atoms with Crippen molar-refractivity contribution in [3.8, 4) is 5.75 Å². The molecule has 1 aliphatic heterocycles. The lowest BCUT2D eigenvalue weighted by atomic mass is 9.83. The Morgan fingerprint density at radius 3 is 2.63 bits per heavy atom. The number of likely N-dealkylation sites (tertiary alicyclic amines) is 1. The van der Waals surface area contributed by atoms with Crippen LogP contribution in [0.2, 0.25) is 0 Å². The maximum Gasteiger partial charge on any atom is 0.246 e. The summed E-state index contributed by atoms with van der Waals surface area (Å²) in [5.41, 5.74) is 0.690. The normalized spacial score (nSPS) is 20.4. The molecule has 1 aliphatic carbocycles. The quantitative estimate of drug-likeness (QED) is 0.481. The van der Waals surface area contributed by atoms with E-state index in [4.69, 9.17) is 0 Å². The zero-order valence-electron chi connectivity index (χ0n) is 20.3. The maximum absolute atomic E-state index is 13.8. The zero-order valence-corrected chi connectivity index (χ0v) is 21.1. The highest BCUT2D eigenvalue weighted by Gasteiger charge is 2.40. The molecule has 2 fully saturated rings. The number of likely N-dealkylation sites (N-methyl/N-ethyl adjacent to an activating group) is 1. The third-order valence-electron chi connectivity index (χ3n) is 7.20. The van der Waals surface area contributed by atoms with Crippen molar-refractivity contribution in [2.45, 2.75) is 70.0 Å². The lowest BCUT2D eigenvalue weighted by Gasteiger charge is -2.35. The second-order valence-corrected chi connectivity index (χ2v) is 10.4. The lowest BCUT2D eigenvalue weighted by Crippen LogP contribution is -2.55. The largest absolute Gasteiger partial charge is 0.508 e. The number of rotatable bonds is 8. The molecule has 0 bridgehead atoms. The van der Waals surface area contributed by atoms with Gasteiger partial charge >= 0.3 is 0 Å². The van der Waals surface area contributed by atoms with E-state index in [0.717, 1.165) is 43.5 Å². The number of thiazole rings is 1. The fourth-order valence-electron chi connectivity index (χ4n) is 5.06. The standard InChI is InChI=1S/C26H34N4O4S/c1-16(27-2)24(33)29-22(17-8-4-3-5-9-17)26(34)30-13-7-12-21(30)25-28-20(15-35-25)23(32)18-10-6-11-19(31)14-18/h6,10-11,14-17,21-22,27,31H,3-5,7-9,12-13H2,1-2H3,(H,29,33)/t16?,21?,22-/m0/s1. The minimum atomic E-state index is -0.549. The van der Waals surface area contributed by atoms with E-state index in [1.165, 1.54) is 29.9 Å². The number of aromatic nitrogens is 1. The van der Waals surface area contributed by atoms with Gasteiger partial charge in [0, 0.05) is 17.5 Å². The monoisotopic (exact) mass is 498 g/mol. The van der Waals surface area contributed by atoms with E-state index in [0.29, 0.717) is 17.8 Å². The summed E-state index contributed by atoms with van der Waals surface area (Å²) in [4.78, 5) is 45.9. The van der Waals surface area contributed by atoms with E-state index in [1.54, 1.807) is 31.5 Å². The Kier molecular flexibility index (Phi) is 8.18. The third kappa shape index (κ3) is 5.73. The van der Waals surface area contributed by atoms with Gasteiger partial charge in [-0.2, -0.15) is 0 Å². The predicted octanol–water partition coefficient (Wildman–Crippen LogP) is 3.42. The summed E-state index contributed by atoms with van der Waals surface area (Å²) in [5, 5.41) is 18.2. The van der Waals surface area contributed by atoms with E-state index in [-0.39, 0.29) is 41.3 Å². The molecule has 1 saturated heterocycles. The average molecular weight is 499 g/mol. The van der Waals surface area contributed by atoms with Crippen molar-refractivity contribution in [3.63, 3.8) is 0 Å². The molecule has 1 aromatic carbocycles. The number of carbonyl (C=O) groups is 3. The first-order chi connectivity index (χ1) is 16.9. The fourth-order valence-corrected chi connectivity index (χ4v) is 6.01. The van der Waals surface area contributed by atoms with Crippen LogP contribution in [-0.2, 0) is 9.59 Å². The van der Waals surface area contributed by atoms with Crippen LogP contribution in [0.3, 0.4) is 0 Å². The molecular weight excluding hydrogens is 464 g/mol. The molecule has 4 rings (SSSR count). The van der Waals surface area contributed by atoms with Gasteiger partial charge in [0.05, 0.1) is 12.1 Å². The second kappa shape index (κ2) is 11.3. The molecule has 3 atom stereocenters. The molecule has 2 aliphatic rings. The van der Waals surface area contributed by atoms with Crippen molar-refractivity contribution in [1.82, 2.24) is 20.5 Å². The fraction of sp³-hybridized carbons (Fsp3) is 0.538. The minimum Gasteiger partial charge on any atom is -0.508 e. The third-order valence-corrected chi connectivity index (χ3v) is 8.14. The maximum atomic E-state index is 13.8. The van der Waals surface area contributed by atoms with Gasteiger partial charge in [-0.3, -0.25) is 14.4 Å². The summed E-state index contributed by atoms with van der Waals surface area (Å²) in [7, 11) is 1.73. The summed E-state index contributed by atoms with van der Waals surface area (Å²) >= 11 is 1.38. The molecule has 188 valence electrons. The van der Waals surface area contributed by atoms with Crippen molar-refractivity contribution in [2.75, 3.05) is 13.6 Å². The van der Waals surface area contributed by atoms with Gasteiger partial charge in [0.1, 0.15) is 22.5 Å². The number of amides is 2. The molecule has 35 heavy (non-hydrogen) atoms. The minimum absolute atomic E-state index is 0.0299. The second-order valence-electron chi connectivity index (χ2n) is 9.53. The average Bonchev–Trinajstić information content (AvgIpc) is 3.56.